The van der Waals surface area contributed by atoms with Crippen LogP contribution in [0.15, 0.2) is 0 Å². The van der Waals surface area contributed by atoms with Gasteiger partial charge in [0.1, 0.15) is 0 Å². The van der Waals surface area contributed by atoms with Crippen LogP contribution < -0.4 is 0 Å². The zero-order valence-electron chi connectivity index (χ0n) is 17.0. The summed E-state index contributed by atoms with van der Waals surface area (Å²) in [4.78, 5) is 2.56. The molecule has 1 aliphatic carbocycles. The van der Waals surface area contributed by atoms with Crippen molar-refractivity contribution in [3.63, 3.8) is 0 Å². The molecule has 2 atom stereocenters. The van der Waals surface area contributed by atoms with Crippen molar-refractivity contribution in [1.29, 1.82) is 0 Å². The highest BCUT2D eigenvalue weighted by molar-refractivity contribution is 4.72. The summed E-state index contributed by atoms with van der Waals surface area (Å²) in [5.41, 5.74) is 0. The van der Waals surface area contributed by atoms with Crippen LogP contribution in [0, 0.1) is 0 Å². The van der Waals surface area contributed by atoms with Gasteiger partial charge in [-0.15, -0.1) is 0 Å². The van der Waals surface area contributed by atoms with Gasteiger partial charge in [0.25, 0.3) is 0 Å². The van der Waals surface area contributed by atoms with Crippen molar-refractivity contribution in [2.45, 2.75) is 116 Å². The summed E-state index contributed by atoms with van der Waals surface area (Å²) < 4.78 is 12.1. The predicted octanol–water partition coefficient (Wildman–Crippen LogP) is 5.57. The largest absolute Gasteiger partial charge is 0.378 e. The van der Waals surface area contributed by atoms with Crippen molar-refractivity contribution in [2.24, 2.45) is 0 Å². The second-order valence-electron chi connectivity index (χ2n) is 8.48. The van der Waals surface area contributed by atoms with Crippen LogP contribution in [0.4, 0.5) is 0 Å². The fourth-order valence-corrected chi connectivity index (χ4v) is 4.45. The molecule has 3 heteroatoms. The van der Waals surface area contributed by atoms with E-state index in [-0.39, 0.29) is 0 Å². The third-order valence-corrected chi connectivity index (χ3v) is 5.77. The van der Waals surface area contributed by atoms with Gasteiger partial charge in [0.05, 0.1) is 18.3 Å². The smallest absolute Gasteiger partial charge is 0.0678 e. The average molecular weight is 354 g/mol. The maximum Gasteiger partial charge on any atom is 0.0678 e. The van der Waals surface area contributed by atoms with Gasteiger partial charge >= 0.3 is 0 Å². The maximum atomic E-state index is 6.28. The molecule has 0 aromatic rings. The summed E-state index contributed by atoms with van der Waals surface area (Å²) in [7, 11) is 0. The fraction of sp³-hybridized carbons (Fsp3) is 1.00. The van der Waals surface area contributed by atoms with Crippen LogP contribution in [0.25, 0.3) is 0 Å². The van der Waals surface area contributed by atoms with Gasteiger partial charge < -0.3 is 9.47 Å². The lowest BCUT2D eigenvalue weighted by molar-refractivity contribution is -0.0686. The highest BCUT2D eigenvalue weighted by Gasteiger charge is 2.21. The van der Waals surface area contributed by atoms with Gasteiger partial charge in [-0.25, -0.2) is 0 Å². The first-order chi connectivity index (χ1) is 12.2. The standard InChI is InChI=1S/C22H43NO2/c1-20-18-23(19-21(2)25-20)16-12-13-17-24-22-14-10-8-6-4-3-5-7-9-11-15-22/h20-22H,3-19H2,1-2H3. The molecule has 2 rings (SSSR count). The molecule has 0 bridgehead atoms. The summed E-state index contributed by atoms with van der Waals surface area (Å²) in [6, 6.07) is 0. The number of morpholine rings is 1. The molecule has 25 heavy (non-hydrogen) atoms. The molecule has 1 saturated heterocycles. The van der Waals surface area contributed by atoms with Crippen molar-refractivity contribution in [2.75, 3.05) is 26.2 Å². The zero-order valence-corrected chi connectivity index (χ0v) is 17.0. The Morgan fingerprint density at radius 1 is 0.760 bits per heavy atom. The Labute approximate surface area is 156 Å². The highest BCUT2D eigenvalue weighted by atomic mass is 16.5. The van der Waals surface area contributed by atoms with Crippen LogP contribution in [0.5, 0.6) is 0 Å². The molecule has 1 heterocycles. The second kappa shape index (κ2) is 13.1. The first kappa shape index (κ1) is 21.2. The Kier molecular flexibility index (Phi) is 11.1. The molecule has 0 aromatic carbocycles. The number of hydrogen-bond acceptors (Lipinski definition) is 3. The van der Waals surface area contributed by atoms with Gasteiger partial charge in [-0.3, -0.25) is 4.90 Å². The highest BCUT2D eigenvalue weighted by Crippen LogP contribution is 2.19. The summed E-state index contributed by atoms with van der Waals surface area (Å²) in [6.07, 6.45) is 19.1. The normalized spacial score (nSPS) is 29.0. The van der Waals surface area contributed by atoms with Gasteiger partial charge in [-0.1, -0.05) is 57.8 Å². The monoisotopic (exact) mass is 353 g/mol. The molecule has 2 aliphatic rings. The van der Waals surface area contributed by atoms with E-state index in [1.807, 2.05) is 0 Å². The SMILES string of the molecule is CC1CN(CCCCOC2CCCCCCCCCCC2)CC(C)O1. The molecule has 0 N–H and O–H groups in total. The Morgan fingerprint density at radius 3 is 1.84 bits per heavy atom. The fourth-order valence-electron chi connectivity index (χ4n) is 4.45. The van der Waals surface area contributed by atoms with Crippen LogP contribution in [0.3, 0.4) is 0 Å². The van der Waals surface area contributed by atoms with Crippen molar-refractivity contribution >= 4 is 0 Å². The van der Waals surface area contributed by atoms with E-state index in [0.717, 1.165) is 19.7 Å². The summed E-state index contributed by atoms with van der Waals surface area (Å²) in [5.74, 6) is 0. The molecule has 3 nitrogen and oxygen atoms in total. The van der Waals surface area contributed by atoms with E-state index in [9.17, 15) is 0 Å². The molecule has 0 spiro atoms. The lowest BCUT2D eigenvalue weighted by Crippen LogP contribution is -2.45. The lowest BCUT2D eigenvalue weighted by atomic mass is 9.99. The Bertz CT molecular complexity index is 301. The predicted molar refractivity (Wildman–Crippen MR) is 106 cm³/mol. The quantitative estimate of drug-likeness (QED) is 0.583. The van der Waals surface area contributed by atoms with Crippen LogP contribution in [-0.4, -0.2) is 49.5 Å². The molecular weight excluding hydrogens is 310 g/mol. The maximum absolute atomic E-state index is 6.28. The molecular formula is C22H43NO2. The molecule has 2 fully saturated rings. The van der Waals surface area contributed by atoms with Crippen LogP contribution in [0.1, 0.15) is 97.3 Å². The molecule has 2 unspecified atom stereocenters. The second-order valence-corrected chi connectivity index (χ2v) is 8.48. The van der Waals surface area contributed by atoms with E-state index < -0.39 is 0 Å². The summed E-state index contributed by atoms with van der Waals surface area (Å²) in [6.45, 7) is 8.72. The minimum absolute atomic E-state index is 0.385. The summed E-state index contributed by atoms with van der Waals surface area (Å²) >= 11 is 0. The van der Waals surface area contributed by atoms with E-state index >= 15 is 0 Å². The first-order valence-electron chi connectivity index (χ1n) is 11.2. The third kappa shape index (κ3) is 9.96. The minimum atomic E-state index is 0.385. The molecule has 0 radical (unpaired) electrons. The number of rotatable bonds is 6. The van der Waals surface area contributed by atoms with Gasteiger partial charge in [-0.05, 0) is 46.1 Å². The van der Waals surface area contributed by atoms with Crippen molar-refractivity contribution in [1.82, 2.24) is 4.90 Å². The lowest BCUT2D eigenvalue weighted by Gasteiger charge is -2.35. The van der Waals surface area contributed by atoms with Crippen LogP contribution >= 0.6 is 0 Å². The van der Waals surface area contributed by atoms with Crippen molar-refractivity contribution in [3.05, 3.63) is 0 Å². The Balaban J connectivity index is 1.55. The topological polar surface area (TPSA) is 21.7 Å². The van der Waals surface area contributed by atoms with Gasteiger partial charge in [-0.2, -0.15) is 0 Å². The average Bonchev–Trinajstić information content (AvgIpc) is 2.55. The molecule has 1 saturated carbocycles. The first-order valence-corrected chi connectivity index (χ1v) is 11.2. The summed E-state index contributed by atoms with van der Waals surface area (Å²) in [5, 5.41) is 0. The van der Waals surface area contributed by atoms with Gasteiger partial charge in [0.2, 0.25) is 0 Å². The minimum Gasteiger partial charge on any atom is -0.378 e. The van der Waals surface area contributed by atoms with Gasteiger partial charge in [0, 0.05) is 19.7 Å². The number of ether oxygens (including phenoxy) is 2. The number of nitrogens with zero attached hydrogens (tertiary/aromatic N) is 1. The van der Waals surface area contributed by atoms with Crippen LogP contribution in [-0.2, 0) is 9.47 Å². The Hall–Kier alpha value is -0.120. The van der Waals surface area contributed by atoms with Gasteiger partial charge in [0.15, 0.2) is 0 Å². The zero-order chi connectivity index (χ0) is 17.7. The van der Waals surface area contributed by atoms with E-state index in [1.54, 1.807) is 0 Å². The van der Waals surface area contributed by atoms with Crippen molar-refractivity contribution < 1.29 is 9.47 Å². The van der Waals surface area contributed by atoms with E-state index in [4.69, 9.17) is 9.47 Å². The molecule has 0 amide bonds. The molecule has 148 valence electrons. The molecule has 0 aromatic heterocycles. The van der Waals surface area contributed by atoms with E-state index in [2.05, 4.69) is 18.7 Å². The third-order valence-electron chi connectivity index (χ3n) is 5.77. The van der Waals surface area contributed by atoms with Crippen LogP contribution in [0.2, 0.25) is 0 Å². The van der Waals surface area contributed by atoms with Crippen molar-refractivity contribution in [3.8, 4) is 0 Å². The van der Waals surface area contributed by atoms with E-state index in [1.165, 1.54) is 90.0 Å². The number of hydrogen-bond donors (Lipinski definition) is 0. The van der Waals surface area contributed by atoms with E-state index in [0.29, 0.717) is 18.3 Å². The number of unbranched alkanes of at least 4 members (excludes halogenated alkanes) is 1. The molecule has 1 aliphatic heterocycles. The Morgan fingerprint density at radius 2 is 1.28 bits per heavy atom.